The molecule has 0 saturated carbocycles. The highest BCUT2D eigenvalue weighted by molar-refractivity contribution is 5.85. The normalized spacial score (nSPS) is 10.9. The minimum absolute atomic E-state index is 0. The van der Waals surface area contributed by atoms with Crippen molar-refractivity contribution in [2.45, 2.75) is 19.4 Å². The van der Waals surface area contributed by atoms with E-state index in [1.807, 2.05) is 24.3 Å². The smallest absolute Gasteiger partial charge is 0.323 e. The molecule has 0 aliphatic rings. The number of carbonyl (C=O) groups is 1. The van der Waals surface area contributed by atoms with E-state index >= 15 is 0 Å². The van der Waals surface area contributed by atoms with Gasteiger partial charge in [0.25, 0.3) is 0 Å². The van der Waals surface area contributed by atoms with E-state index in [0.717, 1.165) is 16.7 Å². The number of esters is 1. The van der Waals surface area contributed by atoms with E-state index in [9.17, 15) is 4.79 Å². The monoisotopic (exact) mass is 390 g/mol. The van der Waals surface area contributed by atoms with Gasteiger partial charge in [0, 0.05) is 0 Å². The molecule has 6 nitrogen and oxygen atoms in total. The van der Waals surface area contributed by atoms with Crippen LogP contribution in [0.4, 0.5) is 0 Å². The molecule has 0 unspecified atom stereocenters. The molecule has 0 fully saturated rings. The number of benzene rings is 2. The Morgan fingerprint density at radius 1 is 1.15 bits per heavy atom. The molecule has 27 heavy (non-hydrogen) atoms. The minimum atomic E-state index is -0.695. The van der Waals surface area contributed by atoms with Gasteiger partial charge in [-0.2, -0.15) is 5.26 Å². The Hall–Kier alpha value is -2.75. The first kappa shape index (κ1) is 22.3. The lowest BCUT2D eigenvalue weighted by Crippen LogP contribution is -2.34. The van der Waals surface area contributed by atoms with Crippen molar-refractivity contribution in [3.05, 3.63) is 47.5 Å². The summed E-state index contributed by atoms with van der Waals surface area (Å²) in [5.41, 5.74) is 8.87. The van der Waals surface area contributed by atoms with Crippen molar-refractivity contribution >= 4 is 18.4 Å². The summed E-state index contributed by atoms with van der Waals surface area (Å²) in [5.74, 6) is 0.695. The molecule has 2 N–H and O–H groups in total. The molecule has 0 spiro atoms. The predicted octanol–water partition coefficient (Wildman–Crippen LogP) is 3.10. The second-order valence-electron chi connectivity index (χ2n) is 5.63. The largest absolute Gasteiger partial charge is 0.496 e. The van der Waals surface area contributed by atoms with Crippen LogP contribution in [0.2, 0.25) is 0 Å². The van der Waals surface area contributed by atoms with Crippen molar-refractivity contribution in [1.29, 1.82) is 5.26 Å². The van der Waals surface area contributed by atoms with Crippen LogP contribution in [0.25, 0.3) is 11.1 Å². The molecule has 0 radical (unpaired) electrons. The lowest BCUT2D eigenvalue weighted by atomic mass is 9.98. The zero-order chi connectivity index (χ0) is 19.1. The first-order valence-electron chi connectivity index (χ1n) is 8.21. The van der Waals surface area contributed by atoms with Crippen LogP contribution in [0.15, 0.2) is 36.4 Å². The number of nitriles is 1. The molecule has 1 atom stereocenters. The average Bonchev–Trinajstić information content (AvgIpc) is 2.67. The van der Waals surface area contributed by atoms with Crippen molar-refractivity contribution in [1.82, 2.24) is 0 Å². The molecule has 0 aliphatic carbocycles. The fourth-order valence-corrected chi connectivity index (χ4v) is 2.66. The lowest BCUT2D eigenvalue weighted by Gasteiger charge is -2.15. The van der Waals surface area contributed by atoms with Gasteiger partial charge >= 0.3 is 5.97 Å². The second kappa shape index (κ2) is 10.4. The van der Waals surface area contributed by atoms with Crippen LogP contribution >= 0.6 is 12.4 Å². The van der Waals surface area contributed by atoms with Gasteiger partial charge in [-0.25, -0.2) is 0 Å². The maximum Gasteiger partial charge on any atom is 0.323 e. The lowest BCUT2D eigenvalue weighted by molar-refractivity contribution is -0.144. The molecule has 2 aromatic carbocycles. The fourth-order valence-electron chi connectivity index (χ4n) is 2.66. The van der Waals surface area contributed by atoms with Crippen LogP contribution in [0.1, 0.15) is 18.1 Å². The summed E-state index contributed by atoms with van der Waals surface area (Å²) in [4.78, 5) is 11.7. The van der Waals surface area contributed by atoms with E-state index in [2.05, 4.69) is 6.07 Å². The number of methoxy groups -OCH3 is 2. The van der Waals surface area contributed by atoms with Crippen LogP contribution in [0.5, 0.6) is 11.5 Å². The number of halogens is 1. The van der Waals surface area contributed by atoms with Crippen LogP contribution in [-0.4, -0.2) is 32.8 Å². The van der Waals surface area contributed by atoms with E-state index in [4.69, 9.17) is 25.2 Å². The third-order valence-corrected chi connectivity index (χ3v) is 3.92. The number of ether oxygens (including phenoxy) is 3. The fraction of sp³-hybridized carbons (Fsp3) is 0.300. The average molecular weight is 391 g/mol. The third kappa shape index (κ3) is 5.36. The number of rotatable bonds is 7. The van der Waals surface area contributed by atoms with E-state index in [1.165, 1.54) is 0 Å². The summed E-state index contributed by atoms with van der Waals surface area (Å²) in [6, 6.07) is 12.3. The van der Waals surface area contributed by atoms with Crippen molar-refractivity contribution in [2.75, 3.05) is 20.8 Å². The molecule has 2 rings (SSSR count). The summed E-state index contributed by atoms with van der Waals surface area (Å²) in [7, 11) is 3.10. The van der Waals surface area contributed by atoms with Gasteiger partial charge in [-0.1, -0.05) is 24.3 Å². The number of carbonyl (C=O) groups excluding carboxylic acids is 1. The number of nitrogens with zero attached hydrogens (tertiary/aromatic N) is 1. The van der Waals surface area contributed by atoms with Gasteiger partial charge in [-0.05, 0) is 36.6 Å². The topological polar surface area (TPSA) is 94.6 Å². The van der Waals surface area contributed by atoms with Gasteiger partial charge in [0.15, 0.2) is 0 Å². The molecule has 0 heterocycles. The van der Waals surface area contributed by atoms with Crippen molar-refractivity contribution in [2.24, 2.45) is 5.73 Å². The number of hydrogen-bond donors (Lipinski definition) is 1. The van der Waals surface area contributed by atoms with Gasteiger partial charge in [-0.3, -0.25) is 4.79 Å². The molecule has 144 valence electrons. The Labute approximate surface area is 165 Å². The summed E-state index contributed by atoms with van der Waals surface area (Å²) in [5, 5.41) is 9.13. The van der Waals surface area contributed by atoms with Gasteiger partial charge in [0.05, 0.1) is 38.0 Å². The van der Waals surface area contributed by atoms with E-state index in [0.29, 0.717) is 30.1 Å². The first-order valence-corrected chi connectivity index (χ1v) is 8.21. The zero-order valence-corrected chi connectivity index (χ0v) is 16.3. The molecule has 7 heteroatoms. The Morgan fingerprint density at radius 3 is 2.15 bits per heavy atom. The number of hydrogen-bond acceptors (Lipinski definition) is 6. The summed E-state index contributed by atoms with van der Waals surface area (Å²) >= 11 is 0. The summed E-state index contributed by atoms with van der Waals surface area (Å²) < 4.78 is 15.8. The van der Waals surface area contributed by atoms with Gasteiger partial charge in [-0.15, -0.1) is 12.4 Å². The highest BCUT2D eigenvalue weighted by Crippen LogP contribution is 2.39. The predicted molar refractivity (Wildman–Crippen MR) is 105 cm³/mol. The highest BCUT2D eigenvalue weighted by Gasteiger charge is 2.17. The van der Waals surface area contributed by atoms with Crippen LogP contribution in [0, 0.1) is 11.3 Å². The summed E-state index contributed by atoms with van der Waals surface area (Å²) in [6.07, 6.45) is 0.390. The van der Waals surface area contributed by atoms with Crippen LogP contribution in [0.3, 0.4) is 0 Å². The Balaban J connectivity index is 0.00000364. The molecule has 0 amide bonds. The molecule has 2 aromatic rings. The van der Waals surface area contributed by atoms with Gasteiger partial charge in [0.1, 0.15) is 17.5 Å². The van der Waals surface area contributed by atoms with Crippen LogP contribution in [-0.2, 0) is 16.0 Å². The van der Waals surface area contributed by atoms with Crippen molar-refractivity contribution < 1.29 is 19.0 Å². The standard InChI is InChI=1S/C20H22N2O4.ClH/c1-4-26-20(23)16(22)9-13-5-7-15(8-6-13)19-17(24-2)10-14(12-21)11-18(19)25-3;/h5-8,10-11,16H,4,9,22H2,1-3H3;1H/t16-;/m0./s1. The SMILES string of the molecule is CCOC(=O)[C@@H](N)Cc1ccc(-c2c(OC)cc(C#N)cc2OC)cc1.Cl. The molecular weight excluding hydrogens is 368 g/mol. The van der Waals surface area contributed by atoms with Gasteiger partial charge < -0.3 is 19.9 Å². The number of nitrogens with two attached hydrogens (primary N) is 1. The quantitative estimate of drug-likeness (QED) is 0.730. The first-order chi connectivity index (χ1) is 12.5. The summed E-state index contributed by atoms with van der Waals surface area (Å²) in [6.45, 7) is 2.06. The van der Waals surface area contributed by atoms with Crippen molar-refractivity contribution in [3.63, 3.8) is 0 Å². The highest BCUT2D eigenvalue weighted by atomic mass is 35.5. The van der Waals surface area contributed by atoms with E-state index in [-0.39, 0.29) is 12.4 Å². The van der Waals surface area contributed by atoms with Crippen molar-refractivity contribution in [3.8, 4) is 28.7 Å². The molecule has 0 aromatic heterocycles. The second-order valence-corrected chi connectivity index (χ2v) is 5.63. The Kier molecular flexibility index (Phi) is 8.60. The third-order valence-electron chi connectivity index (χ3n) is 3.92. The van der Waals surface area contributed by atoms with Gasteiger partial charge in [0.2, 0.25) is 0 Å². The van der Waals surface area contributed by atoms with E-state index < -0.39 is 12.0 Å². The van der Waals surface area contributed by atoms with E-state index in [1.54, 1.807) is 33.3 Å². The molecule has 0 saturated heterocycles. The maximum atomic E-state index is 11.7. The molecule has 0 bridgehead atoms. The van der Waals surface area contributed by atoms with Crippen LogP contribution < -0.4 is 15.2 Å². The maximum absolute atomic E-state index is 11.7. The Morgan fingerprint density at radius 2 is 1.70 bits per heavy atom. The zero-order valence-electron chi connectivity index (χ0n) is 15.5. The molecule has 0 aliphatic heterocycles. The molecular formula is C20H23ClN2O4. The Bertz CT molecular complexity index is 791. The minimum Gasteiger partial charge on any atom is -0.496 e.